The van der Waals surface area contributed by atoms with E-state index in [1.165, 1.54) is 35.8 Å². The highest BCUT2D eigenvalue weighted by atomic mass is 16.5. The molecule has 0 aliphatic rings. The number of carbonyl (C=O) groups excluding carboxylic acids is 2. The maximum Gasteiger partial charge on any atom is 0.355 e. The minimum Gasteiger partial charge on any atom is -0.508 e. The molecular weight excluding hydrogens is 326 g/mol. The van der Waals surface area contributed by atoms with E-state index in [1.54, 1.807) is 19.3 Å². The van der Waals surface area contributed by atoms with E-state index < -0.39 is 11.6 Å². The topological polar surface area (TPSA) is 98.7 Å². The van der Waals surface area contributed by atoms with Gasteiger partial charge in [-0.1, -0.05) is 0 Å². The Balaban J connectivity index is 1.86. The minimum absolute atomic E-state index is 0.0367. The monoisotopic (exact) mass is 341 g/mol. The lowest BCUT2D eigenvalue weighted by Gasteiger charge is -2.08. The molecule has 0 saturated carbocycles. The Bertz CT molecular complexity index is 1040. The normalized spacial score (nSPS) is 10.8. The first-order chi connectivity index (χ1) is 11.8. The number of hydrogen-bond acceptors (Lipinski definition) is 6. The van der Waals surface area contributed by atoms with E-state index >= 15 is 0 Å². The number of esters is 1. The van der Waals surface area contributed by atoms with Gasteiger partial charge in [-0.05, 0) is 25.1 Å². The van der Waals surface area contributed by atoms with Crippen molar-refractivity contribution in [3.63, 3.8) is 0 Å². The maximum absolute atomic E-state index is 12.3. The van der Waals surface area contributed by atoms with E-state index in [2.05, 4.69) is 0 Å². The van der Waals surface area contributed by atoms with Crippen molar-refractivity contribution >= 4 is 22.7 Å². The summed E-state index contributed by atoms with van der Waals surface area (Å²) >= 11 is 0. The van der Waals surface area contributed by atoms with Gasteiger partial charge in [0.05, 0.1) is 0 Å². The number of nitrogens with zero attached hydrogens (tertiary/aromatic N) is 1. The first-order valence-electron chi connectivity index (χ1n) is 7.45. The molecule has 2 aromatic heterocycles. The molecule has 0 aliphatic carbocycles. The summed E-state index contributed by atoms with van der Waals surface area (Å²) in [4.78, 5) is 35.3. The number of hydrogen-bond donors (Lipinski definition) is 1. The third-order valence-electron chi connectivity index (χ3n) is 3.79. The Morgan fingerprint density at radius 2 is 2.00 bits per heavy atom. The van der Waals surface area contributed by atoms with Gasteiger partial charge in [-0.3, -0.25) is 4.79 Å². The molecule has 0 aliphatic heterocycles. The molecule has 3 rings (SSSR count). The maximum atomic E-state index is 12.3. The van der Waals surface area contributed by atoms with Gasteiger partial charge >= 0.3 is 11.6 Å². The number of aromatic nitrogens is 1. The van der Waals surface area contributed by atoms with Crippen LogP contribution in [-0.4, -0.2) is 21.4 Å². The first kappa shape index (κ1) is 16.5. The Hall–Kier alpha value is -3.35. The van der Waals surface area contributed by atoms with E-state index in [9.17, 15) is 19.5 Å². The summed E-state index contributed by atoms with van der Waals surface area (Å²) in [5, 5.41) is 10.0. The van der Waals surface area contributed by atoms with Gasteiger partial charge in [-0.15, -0.1) is 0 Å². The molecule has 3 aromatic rings. The predicted molar refractivity (Wildman–Crippen MR) is 88.7 cm³/mol. The summed E-state index contributed by atoms with van der Waals surface area (Å²) in [7, 11) is 1.64. The fourth-order valence-electron chi connectivity index (χ4n) is 2.52. The molecule has 7 nitrogen and oxygen atoms in total. The lowest BCUT2D eigenvalue weighted by Crippen LogP contribution is -2.11. The van der Waals surface area contributed by atoms with Crippen molar-refractivity contribution in [2.75, 3.05) is 0 Å². The van der Waals surface area contributed by atoms with Crippen LogP contribution in [0.3, 0.4) is 0 Å². The highest BCUT2D eigenvalue weighted by molar-refractivity contribution is 5.97. The van der Waals surface area contributed by atoms with Crippen molar-refractivity contribution in [2.24, 2.45) is 7.05 Å². The van der Waals surface area contributed by atoms with Crippen LogP contribution in [0.1, 0.15) is 33.3 Å². The molecule has 0 radical (unpaired) electrons. The van der Waals surface area contributed by atoms with Gasteiger partial charge in [0.2, 0.25) is 0 Å². The van der Waals surface area contributed by atoms with E-state index in [0.29, 0.717) is 16.5 Å². The average molecular weight is 341 g/mol. The Morgan fingerprint density at radius 3 is 2.68 bits per heavy atom. The summed E-state index contributed by atoms with van der Waals surface area (Å²) in [6, 6.07) is 7.04. The number of phenols is 1. The number of benzene rings is 1. The smallest absolute Gasteiger partial charge is 0.355 e. The molecule has 1 N–H and O–H groups in total. The number of aryl methyl sites for hydroxylation is 1. The van der Waals surface area contributed by atoms with Crippen LogP contribution in [0.2, 0.25) is 0 Å². The van der Waals surface area contributed by atoms with Crippen LogP contribution in [-0.2, 0) is 18.4 Å². The minimum atomic E-state index is -0.616. The molecular formula is C18H15NO6. The van der Waals surface area contributed by atoms with Crippen molar-refractivity contribution < 1.29 is 23.8 Å². The molecule has 1 aromatic carbocycles. The summed E-state index contributed by atoms with van der Waals surface area (Å²) in [6.07, 6.45) is 1.55. The van der Waals surface area contributed by atoms with E-state index in [4.69, 9.17) is 9.15 Å². The van der Waals surface area contributed by atoms with Crippen LogP contribution < -0.4 is 5.63 Å². The molecule has 25 heavy (non-hydrogen) atoms. The van der Waals surface area contributed by atoms with Crippen molar-refractivity contribution in [3.05, 3.63) is 63.8 Å². The van der Waals surface area contributed by atoms with E-state index in [1.807, 2.05) is 0 Å². The van der Waals surface area contributed by atoms with Gasteiger partial charge < -0.3 is 18.8 Å². The molecule has 0 unspecified atom stereocenters. The van der Waals surface area contributed by atoms with Crippen LogP contribution in [0.15, 0.2) is 45.7 Å². The number of rotatable bonds is 4. The van der Waals surface area contributed by atoms with Crippen LogP contribution in [0.4, 0.5) is 0 Å². The van der Waals surface area contributed by atoms with Gasteiger partial charge in [0.1, 0.15) is 23.6 Å². The number of aromatic hydroxyl groups is 1. The van der Waals surface area contributed by atoms with Crippen molar-refractivity contribution in [1.82, 2.24) is 4.57 Å². The van der Waals surface area contributed by atoms with Gasteiger partial charge in [0, 0.05) is 41.9 Å². The summed E-state index contributed by atoms with van der Waals surface area (Å²) in [6.45, 7) is 1.27. The Kier molecular flexibility index (Phi) is 4.14. The number of ether oxygens (including phenoxy) is 1. The van der Waals surface area contributed by atoms with Crippen LogP contribution in [0.25, 0.3) is 11.0 Å². The molecule has 7 heteroatoms. The fourth-order valence-corrected chi connectivity index (χ4v) is 2.52. The second kappa shape index (κ2) is 6.27. The lowest BCUT2D eigenvalue weighted by molar-refractivity contribution is 0.0462. The highest BCUT2D eigenvalue weighted by Crippen LogP contribution is 2.22. The molecule has 0 fully saturated rings. The summed E-state index contributed by atoms with van der Waals surface area (Å²) in [5.74, 6) is -0.804. The third-order valence-corrected chi connectivity index (χ3v) is 3.79. The summed E-state index contributed by atoms with van der Waals surface area (Å²) in [5.41, 5.74) is 0.699. The quantitative estimate of drug-likeness (QED) is 0.444. The zero-order valence-corrected chi connectivity index (χ0v) is 13.6. The van der Waals surface area contributed by atoms with Crippen molar-refractivity contribution in [3.8, 4) is 5.75 Å². The molecule has 0 amide bonds. The fraction of sp³-hybridized carbons (Fsp3) is 0.167. The second-order valence-electron chi connectivity index (χ2n) is 5.63. The zero-order valence-electron chi connectivity index (χ0n) is 13.6. The zero-order chi connectivity index (χ0) is 18.1. The van der Waals surface area contributed by atoms with Gasteiger partial charge in [0.25, 0.3) is 0 Å². The van der Waals surface area contributed by atoms with Crippen molar-refractivity contribution in [1.29, 1.82) is 0 Å². The van der Waals surface area contributed by atoms with Crippen molar-refractivity contribution in [2.45, 2.75) is 13.5 Å². The molecule has 0 spiro atoms. The lowest BCUT2D eigenvalue weighted by atomic mass is 10.1. The predicted octanol–water partition coefficient (Wildman–Crippen LogP) is 2.40. The molecule has 128 valence electrons. The second-order valence-corrected chi connectivity index (χ2v) is 5.63. The average Bonchev–Trinajstić information content (AvgIpc) is 2.94. The largest absolute Gasteiger partial charge is 0.508 e. The Labute approximate surface area is 142 Å². The number of phenolic OH excluding ortho intramolecular Hbond substituents is 1. The standard InChI is InChI=1S/C18H15NO6/c1-10(20)11-5-15(19(2)8-11)18(23)24-9-12-6-17(22)25-16-7-13(21)3-4-14(12)16/h3-8,21H,9H2,1-2H3. The number of Topliss-reactive ketones (excluding diaryl/α,β-unsaturated/α-hetero) is 1. The molecule has 2 heterocycles. The Morgan fingerprint density at radius 1 is 1.24 bits per heavy atom. The van der Waals surface area contributed by atoms with Gasteiger partial charge in [-0.2, -0.15) is 0 Å². The summed E-state index contributed by atoms with van der Waals surface area (Å²) < 4.78 is 11.8. The number of carbonyl (C=O) groups is 2. The van der Waals surface area contributed by atoms with Crippen LogP contribution in [0, 0.1) is 0 Å². The van der Waals surface area contributed by atoms with E-state index in [0.717, 1.165) is 0 Å². The van der Waals surface area contributed by atoms with E-state index in [-0.39, 0.29) is 29.4 Å². The third kappa shape index (κ3) is 3.30. The first-order valence-corrected chi connectivity index (χ1v) is 7.45. The number of ketones is 1. The molecule has 0 bridgehead atoms. The molecule has 0 atom stereocenters. The van der Waals surface area contributed by atoms with Gasteiger partial charge in [-0.25, -0.2) is 9.59 Å². The number of fused-ring (bicyclic) bond motifs is 1. The van der Waals surface area contributed by atoms with Crippen LogP contribution >= 0.6 is 0 Å². The molecule has 0 saturated heterocycles. The highest BCUT2D eigenvalue weighted by Gasteiger charge is 2.16. The van der Waals surface area contributed by atoms with Crippen LogP contribution in [0.5, 0.6) is 5.75 Å². The van der Waals surface area contributed by atoms with Gasteiger partial charge in [0.15, 0.2) is 5.78 Å². The SMILES string of the molecule is CC(=O)c1cc(C(=O)OCc2cc(=O)oc3cc(O)ccc23)n(C)c1.